The number of carbonyl (C=O) groups excluding carboxylic acids is 2. The number of amides is 2. The lowest BCUT2D eigenvalue weighted by atomic mass is 9.73. The van der Waals surface area contributed by atoms with Crippen LogP contribution in [0.3, 0.4) is 0 Å². The summed E-state index contributed by atoms with van der Waals surface area (Å²) in [5.74, 6) is -2.17. The van der Waals surface area contributed by atoms with Gasteiger partial charge in [0.05, 0.1) is 6.04 Å². The van der Waals surface area contributed by atoms with Gasteiger partial charge >= 0.3 is 6.18 Å². The molecule has 0 atom stereocenters. The lowest BCUT2D eigenvalue weighted by molar-refractivity contribution is -0.141. The van der Waals surface area contributed by atoms with Crippen molar-refractivity contribution in [2.45, 2.75) is 36.9 Å². The third kappa shape index (κ3) is 5.58. The average Bonchev–Trinajstić information content (AvgIpc) is 3.16. The zero-order chi connectivity index (χ0) is 28.5. The fraction of sp³-hybridized carbons (Fsp3) is 0.333. The summed E-state index contributed by atoms with van der Waals surface area (Å²) in [6.07, 6.45) is -3.34. The van der Waals surface area contributed by atoms with E-state index in [4.69, 9.17) is 0 Å². The highest BCUT2D eigenvalue weighted by Crippen LogP contribution is 2.52. The standard InChI is InChI=1S/C30H28F5N3O2/c31-20-8-10-25-23(14-20)24-15-21(32)9-11-26(24)29(25,28(40)36-18-30(33,34)35)12-4-5-13-38-16-22(17-38)37-27(39)19-6-2-1-3-7-19/h1-3,6-11,14-15,22H,4-5,12-13,16-18H2,(H,36,40)(H,37,39). The van der Waals surface area contributed by atoms with Crippen LogP contribution in [-0.2, 0) is 10.2 Å². The molecule has 1 aliphatic heterocycles. The SMILES string of the molecule is O=C(NC1CN(CCCCC2(C(=O)NCC(F)(F)F)c3ccc(F)cc3-c3cc(F)ccc32)C1)c1ccccc1. The van der Waals surface area contributed by atoms with Gasteiger partial charge in [-0.2, -0.15) is 13.2 Å². The second-order valence-corrected chi connectivity index (χ2v) is 10.3. The Kier molecular flexibility index (Phi) is 7.63. The minimum absolute atomic E-state index is 0.0190. The highest BCUT2D eigenvalue weighted by Gasteiger charge is 2.49. The Morgan fingerprint density at radius 1 is 0.875 bits per heavy atom. The average molecular weight is 558 g/mol. The van der Waals surface area contributed by atoms with E-state index >= 15 is 0 Å². The van der Waals surface area contributed by atoms with Crippen LogP contribution >= 0.6 is 0 Å². The Balaban J connectivity index is 1.27. The van der Waals surface area contributed by atoms with Crippen molar-refractivity contribution >= 4 is 11.8 Å². The van der Waals surface area contributed by atoms with Crippen molar-refractivity contribution in [3.63, 3.8) is 0 Å². The van der Waals surface area contributed by atoms with Gasteiger partial charge < -0.3 is 10.6 Å². The first-order valence-corrected chi connectivity index (χ1v) is 13.1. The van der Waals surface area contributed by atoms with E-state index in [2.05, 4.69) is 10.2 Å². The molecule has 3 aromatic rings. The molecule has 0 unspecified atom stereocenters. The van der Waals surface area contributed by atoms with Gasteiger partial charge in [-0.15, -0.1) is 0 Å². The minimum Gasteiger partial charge on any atom is -0.347 e. The first-order chi connectivity index (χ1) is 19.1. The highest BCUT2D eigenvalue weighted by atomic mass is 19.4. The highest BCUT2D eigenvalue weighted by molar-refractivity contribution is 6.00. The molecule has 2 amide bonds. The largest absolute Gasteiger partial charge is 0.405 e. The predicted octanol–water partition coefficient (Wildman–Crippen LogP) is 5.19. The molecule has 1 heterocycles. The lowest BCUT2D eigenvalue weighted by Crippen LogP contribution is -2.59. The maximum atomic E-state index is 14.2. The smallest absolute Gasteiger partial charge is 0.347 e. The van der Waals surface area contributed by atoms with Crippen LogP contribution in [0.1, 0.15) is 40.7 Å². The molecule has 5 rings (SSSR count). The van der Waals surface area contributed by atoms with Crippen molar-refractivity contribution in [3.8, 4) is 11.1 Å². The summed E-state index contributed by atoms with van der Waals surface area (Å²) in [5, 5.41) is 5.01. The second-order valence-electron chi connectivity index (χ2n) is 10.3. The molecule has 1 fully saturated rings. The van der Waals surface area contributed by atoms with Gasteiger partial charge in [0, 0.05) is 18.7 Å². The van der Waals surface area contributed by atoms with E-state index in [-0.39, 0.29) is 18.4 Å². The number of unbranched alkanes of at least 4 members (excludes halogenated alkanes) is 1. The Labute approximate surface area is 228 Å². The third-order valence-electron chi connectivity index (χ3n) is 7.61. The number of hydrogen-bond acceptors (Lipinski definition) is 3. The van der Waals surface area contributed by atoms with Crippen molar-refractivity contribution in [2.75, 3.05) is 26.2 Å². The van der Waals surface area contributed by atoms with E-state index in [1.54, 1.807) is 24.3 Å². The van der Waals surface area contributed by atoms with Crippen LogP contribution in [0.15, 0.2) is 66.7 Å². The minimum atomic E-state index is -4.61. The summed E-state index contributed by atoms with van der Waals surface area (Å²) >= 11 is 0. The number of rotatable bonds is 9. The number of hydrogen-bond donors (Lipinski definition) is 2. The van der Waals surface area contributed by atoms with Gasteiger partial charge in [0.1, 0.15) is 23.6 Å². The van der Waals surface area contributed by atoms with Gasteiger partial charge in [-0.1, -0.05) is 36.8 Å². The number of likely N-dealkylation sites (tertiary alicyclic amines) is 1. The molecule has 0 radical (unpaired) electrons. The molecule has 2 N–H and O–H groups in total. The van der Waals surface area contributed by atoms with Crippen molar-refractivity contribution in [1.82, 2.24) is 15.5 Å². The Morgan fingerprint density at radius 3 is 2.05 bits per heavy atom. The van der Waals surface area contributed by atoms with Crippen LogP contribution in [0.5, 0.6) is 0 Å². The maximum absolute atomic E-state index is 14.2. The summed E-state index contributed by atoms with van der Waals surface area (Å²) in [5.41, 5.74) is 0.404. The molecule has 0 spiro atoms. The quantitative estimate of drug-likeness (QED) is 0.281. The van der Waals surface area contributed by atoms with Gasteiger partial charge in [-0.25, -0.2) is 8.78 Å². The van der Waals surface area contributed by atoms with Crippen LogP contribution < -0.4 is 10.6 Å². The Morgan fingerprint density at radius 2 is 1.48 bits per heavy atom. The molecular formula is C30H28F5N3O2. The Hall–Kier alpha value is -3.79. The van der Waals surface area contributed by atoms with Gasteiger partial charge in [-0.3, -0.25) is 14.5 Å². The molecule has 1 aliphatic carbocycles. The first-order valence-electron chi connectivity index (χ1n) is 13.1. The van der Waals surface area contributed by atoms with Crippen LogP contribution in [0.25, 0.3) is 11.1 Å². The van der Waals surface area contributed by atoms with Crippen molar-refractivity contribution < 1.29 is 31.5 Å². The van der Waals surface area contributed by atoms with Gasteiger partial charge in [-0.05, 0) is 78.0 Å². The van der Waals surface area contributed by atoms with Crippen LogP contribution in [0, 0.1) is 11.6 Å². The predicted molar refractivity (Wildman–Crippen MR) is 140 cm³/mol. The molecule has 210 valence electrons. The number of halogens is 5. The van der Waals surface area contributed by atoms with Crippen molar-refractivity contribution in [1.29, 1.82) is 0 Å². The normalized spacial score (nSPS) is 16.1. The van der Waals surface area contributed by atoms with E-state index < -0.39 is 35.7 Å². The molecule has 2 aliphatic rings. The monoisotopic (exact) mass is 557 g/mol. The molecule has 3 aromatic carbocycles. The molecule has 0 aromatic heterocycles. The number of alkyl halides is 3. The van der Waals surface area contributed by atoms with E-state index in [0.717, 1.165) is 12.1 Å². The molecule has 10 heteroatoms. The summed E-state index contributed by atoms with van der Waals surface area (Å²) in [6, 6.07) is 16.5. The molecule has 0 saturated carbocycles. The van der Waals surface area contributed by atoms with E-state index in [9.17, 15) is 31.5 Å². The summed E-state index contributed by atoms with van der Waals surface area (Å²) in [6.45, 7) is 0.495. The molecule has 1 saturated heterocycles. The molecule has 40 heavy (non-hydrogen) atoms. The van der Waals surface area contributed by atoms with Gasteiger partial charge in [0.25, 0.3) is 5.91 Å². The lowest BCUT2D eigenvalue weighted by Gasteiger charge is -2.40. The van der Waals surface area contributed by atoms with Crippen molar-refractivity contribution in [2.24, 2.45) is 0 Å². The number of carbonyl (C=O) groups is 2. The fourth-order valence-electron chi connectivity index (χ4n) is 5.75. The van der Waals surface area contributed by atoms with Crippen LogP contribution in [0.4, 0.5) is 22.0 Å². The van der Waals surface area contributed by atoms with Crippen molar-refractivity contribution in [3.05, 3.63) is 95.1 Å². The first kappa shape index (κ1) is 27.8. The molecule has 5 nitrogen and oxygen atoms in total. The number of fused-ring (bicyclic) bond motifs is 3. The summed E-state index contributed by atoms with van der Waals surface area (Å²) in [7, 11) is 0. The topological polar surface area (TPSA) is 61.4 Å². The fourth-order valence-corrected chi connectivity index (χ4v) is 5.75. The van der Waals surface area contributed by atoms with E-state index in [0.29, 0.717) is 60.3 Å². The zero-order valence-corrected chi connectivity index (χ0v) is 21.5. The summed E-state index contributed by atoms with van der Waals surface area (Å²) < 4.78 is 67.5. The van der Waals surface area contributed by atoms with Crippen LogP contribution in [0.2, 0.25) is 0 Å². The molecule has 0 bridgehead atoms. The van der Waals surface area contributed by atoms with E-state index in [1.807, 2.05) is 11.4 Å². The summed E-state index contributed by atoms with van der Waals surface area (Å²) in [4.78, 5) is 28.0. The number of benzene rings is 3. The van der Waals surface area contributed by atoms with Crippen LogP contribution in [-0.4, -0.2) is 55.1 Å². The number of nitrogens with one attached hydrogen (secondary N) is 2. The van der Waals surface area contributed by atoms with Gasteiger partial charge in [0.15, 0.2) is 0 Å². The second kappa shape index (κ2) is 11.0. The molecular weight excluding hydrogens is 529 g/mol. The number of nitrogens with zero attached hydrogens (tertiary/aromatic N) is 1. The van der Waals surface area contributed by atoms with E-state index in [1.165, 1.54) is 24.3 Å². The maximum Gasteiger partial charge on any atom is 0.405 e. The third-order valence-corrected chi connectivity index (χ3v) is 7.61. The van der Waals surface area contributed by atoms with Gasteiger partial charge in [0.2, 0.25) is 5.91 Å². The zero-order valence-electron chi connectivity index (χ0n) is 21.5. The Bertz CT molecular complexity index is 1350.